The Hall–Kier alpha value is -3.08. The zero-order chi connectivity index (χ0) is 23.4. The van der Waals surface area contributed by atoms with Crippen LogP contribution in [-0.2, 0) is 10.0 Å². The van der Waals surface area contributed by atoms with E-state index in [1.807, 2.05) is 6.07 Å². The van der Waals surface area contributed by atoms with Crippen molar-refractivity contribution in [2.24, 2.45) is 0 Å². The van der Waals surface area contributed by atoms with Gasteiger partial charge in [0.15, 0.2) is 17.2 Å². The van der Waals surface area contributed by atoms with Gasteiger partial charge in [0.1, 0.15) is 5.75 Å². The molecule has 1 aliphatic rings. The molecule has 0 spiro atoms. The molecule has 1 N–H and O–H groups in total. The summed E-state index contributed by atoms with van der Waals surface area (Å²) in [5, 5.41) is 4.37. The molecule has 1 aromatic heterocycles. The van der Waals surface area contributed by atoms with E-state index >= 15 is 0 Å². The highest BCUT2D eigenvalue weighted by Crippen LogP contribution is 2.43. The summed E-state index contributed by atoms with van der Waals surface area (Å²) in [6, 6.07) is 8.44. The molecule has 3 aromatic rings. The van der Waals surface area contributed by atoms with E-state index in [1.165, 1.54) is 31.8 Å². The Kier molecular flexibility index (Phi) is 6.87. The van der Waals surface area contributed by atoms with Gasteiger partial charge in [-0.2, -0.15) is 4.31 Å². The highest BCUT2D eigenvalue weighted by atomic mass is 32.2. The zero-order valence-electron chi connectivity index (χ0n) is 18.8. The van der Waals surface area contributed by atoms with Gasteiger partial charge in [0.25, 0.3) is 0 Å². The van der Waals surface area contributed by atoms with Crippen LogP contribution < -0.4 is 24.3 Å². The normalized spacial score (nSPS) is 15.1. The van der Waals surface area contributed by atoms with Gasteiger partial charge in [0.05, 0.1) is 32.4 Å². The molecule has 0 saturated carbocycles. The van der Waals surface area contributed by atoms with Crippen molar-refractivity contribution >= 4 is 20.8 Å². The lowest BCUT2D eigenvalue weighted by molar-refractivity contribution is 0.321. The fourth-order valence-electron chi connectivity index (χ4n) is 3.90. The number of pyridine rings is 1. The molecule has 1 aliphatic heterocycles. The first-order chi connectivity index (χ1) is 16.0. The summed E-state index contributed by atoms with van der Waals surface area (Å²) in [4.78, 5) is 4.43. The lowest BCUT2D eigenvalue weighted by Crippen LogP contribution is -2.34. The van der Waals surface area contributed by atoms with Gasteiger partial charge in [-0.1, -0.05) is 12.1 Å². The second-order valence-electron chi connectivity index (χ2n) is 7.46. The minimum atomic E-state index is -3.75. The van der Waals surface area contributed by atoms with Gasteiger partial charge in [0, 0.05) is 48.7 Å². The van der Waals surface area contributed by atoms with E-state index in [4.69, 9.17) is 18.9 Å². The Bertz CT molecular complexity index is 1210. The maximum Gasteiger partial charge on any atom is 0.243 e. The molecule has 0 amide bonds. The van der Waals surface area contributed by atoms with E-state index in [0.717, 1.165) is 13.0 Å². The third-order valence-corrected chi connectivity index (χ3v) is 7.43. The average molecular weight is 474 g/mol. The second-order valence-corrected chi connectivity index (χ2v) is 9.37. The molecule has 33 heavy (non-hydrogen) atoms. The molecular formula is C23H27N3O6S. The Morgan fingerprint density at radius 3 is 2.39 bits per heavy atom. The van der Waals surface area contributed by atoms with Crippen molar-refractivity contribution in [3.05, 3.63) is 42.7 Å². The SMILES string of the molecule is COc1cc(Oc2cncc3cccc(S(=O)(=O)N4CCCNCC4)c23)cc(OC)c1OC. The number of nitrogens with zero attached hydrogens (tertiary/aromatic N) is 2. The van der Waals surface area contributed by atoms with Crippen LogP contribution in [0.4, 0.5) is 0 Å². The first kappa shape index (κ1) is 23.1. The van der Waals surface area contributed by atoms with Crippen molar-refractivity contribution in [2.75, 3.05) is 47.5 Å². The molecule has 0 bridgehead atoms. The molecule has 176 valence electrons. The molecule has 1 fully saturated rings. The molecule has 0 radical (unpaired) electrons. The molecule has 0 aliphatic carbocycles. The van der Waals surface area contributed by atoms with Crippen molar-refractivity contribution in [3.8, 4) is 28.7 Å². The average Bonchev–Trinajstić information content (AvgIpc) is 3.13. The van der Waals surface area contributed by atoms with Crippen LogP contribution in [0.5, 0.6) is 28.7 Å². The summed E-state index contributed by atoms with van der Waals surface area (Å²) in [6.07, 6.45) is 3.88. The number of benzene rings is 2. The van der Waals surface area contributed by atoms with Crippen LogP contribution >= 0.6 is 0 Å². The predicted molar refractivity (Wildman–Crippen MR) is 124 cm³/mol. The lowest BCUT2D eigenvalue weighted by atomic mass is 10.1. The number of rotatable bonds is 7. The largest absolute Gasteiger partial charge is 0.493 e. The number of ether oxygens (including phenoxy) is 4. The summed E-state index contributed by atoms with van der Waals surface area (Å²) in [6.45, 7) is 2.27. The van der Waals surface area contributed by atoms with Crippen molar-refractivity contribution in [2.45, 2.75) is 11.3 Å². The fourth-order valence-corrected chi connectivity index (χ4v) is 5.61. The zero-order valence-corrected chi connectivity index (χ0v) is 19.6. The minimum absolute atomic E-state index is 0.187. The predicted octanol–water partition coefficient (Wildman–Crippen LogP) is 3.04. The van der Waals surface area contributed by atoms with E-state index in [-0.39, 0.29) is 4.90 Å². The van der Waals surface area contributed by atoms with Crippen LogP contribution in [0.1, 0.15) is 6.42 Å². The standard InChI is InChI=1S/C23H27N3O6S/c1-29-18-12-17(13-19(30-2)23(18)31-3)32-20-15-25-14-16-6-4-7-21(22(16)20)33(27,28)26-10-5-8-24-9-11-26/h4,6-7,12-15,24H,5,8-11H2,1-3H3. The van der Waals surface area contributed by atoms with Crippen LogP contribution in [-0.4, -0.2) is 65.2 Å². The third-order valence-electron chi connectivity index (χ3n) is 5.49. The number of methoxy groups -OCH3 is 3. The van der Waals surface area contributed by atoms with Crippen LogP contribution in [0.15, 0.2) is 47.6 Å². The van der Waals surface area contributed by atoms with Gasteiger partial charge < -0.3 is 24.3 Å². The van der Waals surface area contributed by atoms with Crippen LogP contribution in [0.25, 0.3) is 10.8 Å². The Balaban J connectivity index is 1.82. The summed E-state index contributed by atoms with van der Waals surface area (Å²) in [7, 11) is 0.802. The second kappa shape index (κ2) is 9.82. The van der Waals surface area contributed by atoms with Gasteiger partial charge in [-0.25, -0.2) is 8.42 Å². The number of nitrogens with one attached hydrogen (secondary N) is 1. The van der Waals surface area contributed by atoms with Gasteiger partial charge in [0.2, 0.25) is 15.8 Å². The summed E-state index contributed by atoms with van der Waals surface area (Å²) < 4.78 is 51.1. The molecule has 9 nitrogen and oxygen atoms in total. The molecule has 1 saturated heterocycles. The quantitative estimate of drug-likeness (QED) is 0.559. The van der Waals surface area contributed by atoms with E-state index in [1.54, 1.807) is 30.5 Å². The minimum Gasteiger partial charge on any atom is -0.493 e. The molecule has 10 heteroatoms. The van der Waals surface area contributed by atoms with Crippen LogP contribution in [0.3, 0.4) is 0 Å². The Labute approximate surface area is 193 Å². The molecule has 2 aromatic carbocycles. The molecular weight excluding hydrogens is 446 g/mol. The van der Waals surface area contributed by atoms with Crippen LogP contribution in [0.2, 0.25) is 0 Å². The van der Waals surface area contributed by atoms with E-state index in [2.05, 4.69) is 10.3 Å². The van der Waals surface area contributed by atoms with Gasteiger partial charge >= 0.3 is 0 Å². The van der Waals surface area contributed by atoms with Crippen LogP contribution in [0, 0.1) is 0 Å². The third kappa shape index (κ3) is 4.54. The first-order valence-electron chi connectivity index (χ1n) is 10.5. The van der Waals surface area contributed by atoms with E-state index < -0.39 is 10.0 Å². The lowest BCUT2D eigenvalue weighted by Gasteiger charge is -2.21. The Morgan fingerprint density at radius 1 is 0.939 bits per heavy atom. The summed E-state index contributed by atoms with van der Waals surface area (Å²) in [5.41, 5.74) is 0. The van der Waals surface area contributed by atoms with Gasteiger partial charge in [-0.15, -0.1) is 0 Å². The summed E-state index contributed by atoms with van der Waals surface area (Å²) >= 11 is 0. The smallest absolute Gasteiger partial charge is 0.243 e. The highest BCUT2D eigenvalue weighted by Gasteiger charge is 2.28. The van der Waals surface area contributed by atoms with Gasteiger partial charge in [-0.3, -0.25) is 4.98 Å². The first-order valence-corrected chi connectivity index (χ1v) is 12.0. The van der Waals surface area contributed by atoms with E-state index in [9.17, 15) is 8.42 Å². The number of hydrogen-bond donors (Lipinski definition) is 1. The Morgan fingerprint density at radius 2 is 1.70 bits per heavy atom. The van der Waals surface area contributed by atoms with E-state index in [0.29, 0.717) is 59.2 Å². The highest BCUT2D eigenvalue weighted by molar-refractivity contribution is 7.89. The fraction of sp³-hybridized carbons (Fsp3) is 0.348. The number of sulfonamides is 1. The topological polar surface area (TPSA) is 99.2 Å². The molecule has 4 rings (SSSR count). The summed E-state index contributed by atoms with van der Waals surface area (Å²) in [5.74, 6) is 1.98. The van der Waals surface area contributed by atoms with Crippen molar-refractivity contribution in [1.29, 1.82) is 0 Å². The van der Waals surface area contributed by atoms with Gasteiger partial charge in [-0.05, 0) is 19.0 Å². The molecule has 2 heterocycles. The maximum atomic E-state index is 13.6. The molecule has 0 atom stereocenters. The molecule has 0 unspecified atom stereocenters. The van der Waals surface area contributed by atoms with Crippen molar-refractivity contribution in [3.63, 3.8) is 0 Å². The number of fused-ring (bicyclic) bond motifs is 1. The van der Waals surface area contributed by atoms with Crippen molar-refractivity contribution in [1.82, 2.24) is 14.6 Å². The number of hydrogen-bond acceptors (Lipinski definition) is 8. The van der Waals surface area contributed by atoms with Crippen molar-refractivity contribution < 1.29 is 27.4 Å². The maximum absolute atomic E-state index is 13.6. The monoisotopic (exact) mass is 473 g/mol. The number of aromatic nitrogens is 1.